The predicted molar refractivity (Wildman–Crippen MR) is 89.9 cm³/mol. The van der Waals surface area contributed by atoms with E-state index in [9.17, 15) is 4.79 Å². The van der Waals surface area contributed by atoms with Crippen molar-refractivity contribution in [2.24, 2.45) is 0 Å². The number of thiazole rings is 1. The Morgan fingerprint density at radius 3 is 2.77 bits per heavy atom. The van der Waals surface area contributed by atoms with Crippen molar-refractivity contribution >= 4 is 49.8 Å². The topological polar surface area (TPSA) is 56.5 Å². The second-order valence-corrected chi connectivity index (χ2v) is 6.34. The summed E-state index contributed by atoms with van der Waals surface area (Å²) in [6, 6.07) is 7.31. The van der Waals surface area contributed by atoms with Crippen LogP contribution in [0.15, 0.2) is 24.3 Å². The van der Waals surface area contributed by atoms with Crippen LogP contribution < -0.4 is 0 Å². The maximum Gasteiger partial charge on any atom is 0.350 e. The summed E-state index contributed by atoms with van der Waals surface area (Å²) >= 11 is 10.6. The maximum atomic E-state index is 12.0. The molecule has 0 spiro atoms. The summed E-state index contributed by atoms with van der Waals surface area (Å²) in [5.74, 6) is 0.253. The number of nitrogens with zero attached hydrogens (tertiary/aromatic N) is 3. The van der Waals surface area contributed by atoms with E-state index in [-0.39, 0.29) is 5.97 Å². The fraction of sp³-hybridized carbons (Fsp3) is 0.214. The van der Waals surface area contributed by atoms with Crippen LogP contribution in [0.3, 0.4) is 0 Å². The molecule has 0 aliphatic carbocycles. The lowest BCUT2D eigenvalue weighted by atomic mass is 10.2. The molecule has 2 heterocycles. The number of rotatable bonds is 4. The van der Waals surface area contributed by atoms with Crippen molar-refractivity contribution in [3.8, 4) is 11.4 Å². The number of ether oxygens (including phenoxy) is 1. The van der Waals surface area contributed by atoms with Gasteiger partial charge < -0.3 is 4.74 Å². The van der Waals surface area contributed by atoms with Gasteiger partial charge >= 0.3 is 5.97 Å². The molecular formula is C14H11BrClN3O2S. The number of halogens is 2. The Kier molecular flexibility index (Phi) is 4.46. The van der Waals surface area contributed by atoms with E-state index >= 15 is 0 Å². The lowest BCUT2D eigenvalue weighted by Crippen LogP contribution is -2.06. The van der Waals surface area contributed by atoms with Crippen molar-refractivity contribution in [1.29, 1.82) is 0 Å². The average molecular weight is 401 g/mol. The molecule has 5 nitrogen and oxygen atoms in total. The predicted octanol–water partition coefficient (Wildman–Crippen LogP) is 4.18. The van der Waals surface area contributed by atoms with Crippen molar-refractivity contribution in [3.05, 3.63) is 39.9 Å². The minimum atomic E-state index is -0.345. The first-order valence-corrected chi connectivity index (χ1v) is 8.83. The number of benzene rings is 1. The molecule has 114 valence electrons. The van der Waals surface area contributed by atoms with Gasteiger partial charge in [0.1, 0.15) is 4.88 Å². The molecule has 0 bridgehead atoms. The molecule has 3 aromatic rings. The molecule has 0 N–H and O–H groups in total. The first-order chi connectivity index (χ1) is 10.6. The highest BCUT2D eigenvalue weighted by Gasteiger charge is 2.22. The van der Waals surface area contributed by atoms with Crippen LogP contribution in [-0.2, 0) is 10.1 Å². The third kappa shape index (κ3) is 2.76. The van der Waals surface area contributed by atoms with Crippen LogP contribution in [0.2, 0.25) is 5.02 Å². The normalized spacial score (nSPS) is 11.0. The van der Waals surface area contributed by atoms with Gasteiger partial charge in [0.05, 0.1) is 12.3 Å². The minimum Gasteiger partial charge on any atom is -0.462 e. The van der Waals surface area contributed by atoms with Gasteiger partial charge in [-0.25, -0.2) is 9.31 Å². The van der Waals surface area contributed by atoms with Gasteiger partial charge in [-0.1, -0.05) is 38.9 Å². The lowest BCUT2D eigenvalue weighted by molar-refractivity contribution is 0.0530. The number of aromatic nitrogens is 3. The summed E-state index contributed by atoms with van der Waals surface area (Å²) in [6.45, 7) is 2.12. The van der Waals surface area contributed by atoms with Crippen molar-refractivity contribution in [2.45, 2.75) is 12.3 Å². The Hall–Kier alpha value is -1.44. The highest BCUT2D eigenvalue weighted by Crippen LogP contribution is 2.27. The van der Waals surface area contributed by atoms with Crippen molar-refractivity contribution in [3.63, 3.8) is 0 Å². The van der Waals surface area contributed by atoms with E-state index in [1.165, 1.54) is 11.3 Å². The van der Waals surface area contributed by atoms with Crippen LogP contribution in [0.4, 0.5) is 0 Å². The Balaban J connectivity index is 2.06. The zero-order valence-corrected chi connectivity index (χ0v) is 14.7. The number of fused-ring (bicyclic) bond motifs is 1. The summed E-state index contributed by atoms with van der Waals surface area (Å²) in [4.78, 5) is 17.6. The number of carbonyl (C=O) groups excluding carboxylic acids is 1. The number of esters is 1. The summed E-state index contributed by atoms with van der Waals surface area (Å²) in [5, 5.41) is 5.63. The number of hydrogen-bond donors (Lipinski definition) is 0. The van der Waals surface area contributed by atoms with E-state index in [1.54, 1.807) is 23.6 Å². The molecule has 22 heavy (non-hydrogen) atoms. The third-order valence-electron chi connectivity index (χ3n) is 2.98. The van der Waals surface area contributed by atoms with Crippen molar-refractivity contribution < 1.29 is 9.53 Å². The van der Waals surface area contributed by atoms with Gasteiger partial charge in [0.25, 0.3) is 0 Å². The second kappa shape index (κ2) is 6.36. The standard InChI is InChI=1S/C14H11BrClN3O2S/c1-2-21-13(20)11-10(7-15)19-14(22-11)17-12(18-19)8-3-5-9(16)6-4-8/h3-6H,2,7H2,1H3. The Bertz CT molecular complexity index is 829. The molecule has 2 aromatic heterocycles. The minimum absolute atomic E-state index is 0.338. The molecule has 0 unspecified atom stereocenters. The van der Waals surface area contributed by atoms with E-state index < -0.39 is 0 Å². The fourth-order valence-corrected chi connectivity index (χ4v) is 3.78. The molecule has 0 saturated carbocycles. The maximum absolute atomic E-state index is 12.0. The third-order valence-corrected chi connectivity index (χ3v) is 4.81. The van der Waals surface area contributed by atoms with Crippen LogP contribution in [0.5, 0.6) is 0 Å². The van der Waals surface area contributed by atoms with Crippen LogP contribution in [0, 0.1) is 0 Å². The van der Waals surface area contributed by atoms with Gasteiger partial charge in [0, 0.05) is 15.9 Å². The quantitative estimate of drug-likeness (QED) is 0.487. The largest absolute Gasteiger partial charge is 0.462 e. The fourth-order valence-electron chi connectivity index (χ4n) is 1.98. The summed E-state index contributed by atoms with van der Waals surface area (Å²) in [7, 11) is 0. The monoisotopic (exact) mass is 399 g/mol. The zero-order valence-electron chi connectivity index (χ0n) is 11.5. The molecule has 0 aliphatic rings. The van der Waals surface area contributed by atoms with E-state index in [0.29, 0.717) is 32.6 Å². The second-order valence-electron chi connectivity index (χ2n) is 4.37. The first kappa shape index (κ1) is 15.5. The molecule has 0 amide bonds. The molecule has 3 rings (SSSR count). The highest BCUT2D eigenvalue weighted by atomic mass is 79.9. The lowest BCUT2D eigenvalue weighted by Gasteiger charge is -2.00. The first-order valence-electron chi connectivity index (χ1n) is 6.51. The van der Waals surface area contributed by atoms with Crippen LogP contribution in [0.25, 0.3) is 16.3 Å². The Labute approximate surface area is 144 Å². The molecular weight excluding hydrogens is 390 g/mol. The van der Waals surface area contributed by atoms with E-state index in [1.807, 2.05) is 12.1 Å². The molecule has 0 atom stereocenters. The smallest absolute Gasteiger partial charge is 0.350 e. The van der Waals surface area contributed by atoms with Crippen molar-refractivity contribution in [2.75, 3.05) is 6.61 Å². The van der Waals surface area contributed by atoms with Gasteiger partial charge in [-0.15, -0.1) is 5.10 Å². The molecule has 1 aromatic carbocycles. The summed E-state index contributed by atoms with van der Waals surface area (Å²) < 4.78 is 6.74. The Morgan fingerprint density at radius 2 is 2.14 bits per heavy atom. The molecule has 0 aliphatic heterocycles. The SMILES string of the molecule is CCOC(=O)c1sc2nc(-c3ccc(Cl)cc3)nn2c1CBr. The Morgan fingerprint density at radius 1 is 1.41 bits per heavy atom. The van der Waals surface area contributed by atoms with E-state index in [2.05, 4.69) is 26.0 Å². The number of hydrogen-bond acceptors (Lipinski definition) is 5. The van der Waals surface area contributed by atoms with Gasteiger partial charge in [-0.2, -0.15) is 4.98 Å². The zero-order chi connectivity index (χ0) is 15.7. The van der Waals surface area contributed by atoms with Gasteiger partial charge in [-0.3, -0.25) is 0 Å². The van der Waals surface area contributed by atoms with Gasteiger partial charge in [0.2, 0.25) is 4.96 Å². The van der Waals surface area contributed by atoms with Crippen LogP contribution in [-0.4, -0.2) is 27.2 Å². The highest BCUT2D eigenvalue weighted by molar-refractivity contribution is 9.08. The van der Waals surface area contributed by atoms with Gasteiger partial charge in [-0.05, 0) is 31.2 Å². The molecule has 0 radical (unpaired) electrons. The van der Waals surface area contributed by atoms with Crippen molar-refractivity contribution in [1.82, 2.24) is 14.6 Å². The molecule has 0 fully saturated rings. The van der Waals surface area contributed by atoms with Crippen LogP contribution >= 0.6 is 38.9 Å². The van der Waals surface area contributed by atoms with Gasteiger partial charge in [0.15, 0.2) is 5.82 Å². The average Bonchev–Trinajstić information content (AvgIpc) is 3.05. The van der Waals surface area contributed by atoms with Crippen LogP contribution in [0.1, 0.15) is 22.3 Å². The molecule has 0 saturated heterocycles. The van der Waals surface area contributed by atoms with E-state index in [0.717, 1.165) is 11.3 Å². The van der Waals surface area contributed by atoms with E-state index in [4.69, 9.17) is 16.3 Å². The molecule has 8 heteroatoms. The number of alkyl halides is 1. The number of carbonyl (C=O) groups is 1. The summed E-state index contributed by atoms with van der Waals surface area (Å²) in [5.41, 5.74) is 1.62. The summed E-state index contributed by atoms with van der Waals surface area (Å²) in [6.07, 6.45) is 0.